The fourth-order valence-electron chi connectivity index (χ4n) is 0.696. The second-order valence-electron chi connectivity index (χ2n) is 1.91. The average Bonchev–Trinajstić information content (AvgIpc) is 1.88. The Kier molecular flexibility index (Phi) is 2.56. The highest BCUT2D eigenvalue weighted by Crippen LogP contribution is 2.17. The van der Waals surface area contributed by atoms with Gasteiger partial charge in [-0.05, 0) is 6.42 Å². The molecular formula is C5H8N2O2S. The molecule has 56 valence electrons. The Hall–Kier alpha value is -0.710. The standard InChI is InChI=1S/C5H8N2O2S/c8-7(9)4-5-6-2-1-3-10-5/h4,6H,1-3H2/b5-4+. The number of hydrogen-bond donors (Lipinski definition) is 1. The predicted molar refractivity (Wildman–Crippen MR) is 40.2 cm³/mol. The monoisotopic (exact) mass is 160 g/mol. The highest BCUT2D eigenvalue weighted by molar-refractivity contribution is 8.03. The first kappa shape index (κ1) is 7.40. The molecule has 1 fully saturated rings. The highest BCUT2D eigenvalue weighted by atomic mass is 32.2. The Morgan fingerprint density at radius 2 is 2.60 bits per heavy atom. The lowest BCUT2D eigenvalue weighted by Gasteiger charge is -2.12. The van der Waals surface area contributed by atoms with Gasteiger partial charge in [-0.15, -0.1) is 11.8 Å². The minimum Gasteiger partial charge on any atom is -0.375 e. The molecule has 0 amide bonds. The number of nitrogens with one attached hydrogen (secondary N) is 1. The van der Waals surface area contributed by atoms with E-state index in [0.29, 0.717) is 5.03 Å². The normalized spacial score (nSPS) is 22.2. The van der Waals surface area contributed by atoms with Crippen LogP contribution in [0.2, 0.25) is 0 Å². The van der Waals surface area contributed by atoms with Crippen molar-refractivity contribution in [2.45, 2.75) is 6.42 Å². The molecule has 1 aliphatic heterocycles. The Labute approximate surface area is 62.8 Å². The summed E-state index contributed by atoms with van der Waals surface area (Å²) < 4.78 is 0. The summed E-state index contributed by atoms with van der Waals surface area (Å²) >= 11 is 1.50. The molecule has 1 heterocycles. The first-order chi connectivity index (χ1) is 4.79. The van der Waals surface area contributed by atoms with Crippen LogP contribution in [0.5, 0.6) is 0 Å². The molecule has 0 unspecified atom stereocenters. The molecule has 0 aromatic heterocycles. The molecule has 0 radical (unpaired) electrons. The summed E-state index contributed by atoms with van der Waals surface area (Å²) in [6.07, 6.45) is 2.10. The van der Waals surface area contributed by atoms with Crippen molar-refractivity contribution in [2.24, 2.45) is 0 Å². The fourth-order valence-corrected chi connectivity index (χ4v) is 1.57. The Bertz CT molecular complexity index is 161. The minimum absolute atomic E-state index is 0.430. The fraction of sp³-hybridized carbons (Fsp3) is 0.600. The first-order valence-corrected chi connectivity index (χ1v) is 3.99. The lowest BCUT2D eigenvalue weighted by atomic mass is 10.5. The van der Waals surface area contributed by atoms with Gasteiger partial charge in [0.25, 0.3) is 6.20 Å². The summed E-state index contributed by atoms with van der Waals surface area (Å²) in [6.45, 7) is 0.854. The van der Waals surface area contributed by atoms with Gasteiger partial charge in [-0.2, -0.15) is 0 Å². The van der Waals surface area contributed by atoms with Crippen LogP contribution in [0, 0.1) is 10.1 Å². The molecule has 0 spiro atoms. The zero-order valence-corrected chi connectivity index (χ0v) is 6.19. The molecule has 0 bridgehead atoms. The summed E-state index contributed by atoms with van der Waals surface area (Å²) in [5, 5.41) is 13.6. The molecule has 1 N–H and O–H groups in total. The SMILES string of the molecule is O=[N+]([O-])/C=C1\NCCCS1. The molecule has 0 aliphatic carbocycles. The number of rotatable bonds is 1. The molecule has 0 saturated carbocycles. The number of hydrogen-bond acceptors (Lipinski definition) is 4. The van der Waals surface area contributed by atoms with Crippen LogP contribution in [0.15, 0.2) is 11.2 Å². The van der Waals surface area contributed by atoms with E-state index in [4.69, 9.17) is 0 Å². The van der Waals surface area contributed by atoms with Crippen LogP contribution >= 0.6 is 11.8 Å². The van der Waals surface area contributed by atoms with Crippen molar-refractivity contribution in [3.05, 3.63) is 21.3 Å². The number of thioether (sulfide) groups is 1. The number of nitrogens with zero attached hydrogens (tertiary/aromatic N) is 1. The quantitative estimate of drug-likeness (QED) is 0.455. The summed E-state index contributed by atoms with van der Waals surface area (Å²) in [7, 11) is 0. The van der Waals surface area contributed by atoms with E-state index in [-0.39, 0.29) is 0 Å². The van der Waals surface area contributed by atoms with E-state index in [1.54, 1.807) is 0 Å². The van der Waals surface area contributed by atoms with E-state index in [0.717, 1.165) is 24.9 Å². The van der Waals surface area contributed by atoms with Crippen molar-refractivity contribution in [1.29, 1.82) is 0 Å². The molecule has 5 heteroatoms. The van der Waals surface area contributed by atoms with Gasteiger partial charge in [-0.1, -0.05) is 0 Å². The summed E-state index contributed by atoms with van der Waals surface area (Å²) in [5.41, 5.74) is 0. The Morgan fingerprint density at radius 1 is 1.80 bits per heavy atom. The molecule has 1 saturated heterocycles. The van der Waals surface area contributed by atoms with Gasteiger partial charge in [0.2, 0.25) is 0 Å². The Morgan fingerprint density at radius 3 is 3.10 bits per heavy atom. The average molecular weight is 160 g/mol. The van der Waals surface area contributed by atoms with Crippen LogP contribution in [-0.2, 0) is 0 Å². The molecule has 0 atom stereocenters. The Balaban J connectivity index is 2.45. The van der Waals surface area contributed by atoms with Crippen LogP contribution in [0.1, 0.15) is 6.42 Å². The van der Waals surface area contributed by atoms with Gasteiger partial charge < -0.3 is 5.32 Å². The summed E-state index contributed by atoms with van der Waals surface area (Å²) in [6, 6.07) is 0. The van der Waals surface area contributed by atoms with Crippen LogP contribution < -0.4 is 5.32 Å². The minimum atomic E-state index is -0.430. The second-order valence-corrected chi connectivity index (χ2v) is 3.04. The van der Waals surface area contributed by atoms with Crippen molar-refractivity contribution < 1.29 is 4.92 Å². The van der Waals surface area contributed by atoms with Crippen molar-refractivity contribution in [1.82, 2.24) is 5.32 Å². The number of nitro groups is 1. The van der Waals surface area contributed by atoms with E-state index in [2.05, 4.69) is 5.32 Å². The predicted octanol–water partition coefficient (Wildman–Crippen LogP) is 0.788. The third-order valence-electron chi connectivity index (χ3n) is 1.10. The zero-order chi connectivity index (χ0) is 7.40. The van der Waals surface area contributed by atoms with Crippen LogP contribution in [0.25, 0.3) is 0 Å². The largest absolute Gasteiger partial charge is 0.375 e. The van der Waals surface area contributed by atoms with Crippen LogP contribution in [0.3, 0.4) is 0 Å². The lowest BCUT2D eigenvalue weighted by molar-refractivity contribution is -0.403. The lowest BCUT2D eigenvalue weighted by Crippen LogP contribution is -2.19. The van der Waals surface area contributed by atoms with E-state index in [1.807, 2.05) is 0 Å². The van der Waals surface area contributed by atoms with E-state index >= 15 is 0 Å². The van der Waals surface area contributed by atoms with Crippen molar-refractivity contribution >= 4 is 11.8 Å². The smallest absolute Gasteiger partial charge is 0.263 e. The molecule has 1 aliphatic rings. The van der Waals surface area contributed by atoms with Gasteiger partial charge in [0.05, 0.1) is 4.92 Å². The van der Waals surface area contributed by atoms with Gasteiger partial charge in [0.1, 0.15) is 5.03 Å². The molecule has 4 nitrogen and oxygen atoms in total. The van der Waals surface area contributed by atoms with Crippen LogP contribution in [0.4, 0.5) is 0 Å². The molecule has 1 rings (SSSR count). The third-order valence-corrected chi connectivity index (χ3v) is 2.15. The molecular weight excluding hydrogens is 152 g/mol. The van der Waals surface area contributed by atoms with Crippen molar-refractivity contribution in [3.8, 4) is 0 Å². The van der Waals surface area contributed by atoms with E-state index in [9.17, 15) is 10.1 Å². The third kappa shape index (κ3) is 2.26. The maximum absolute atomic E-state index is 9.94. The molecule has 10 heavy (non-hydrogen) atoms. The summed E-state index contributed by atoms with van der Waals surface area (Å²) in [4.78, 5) is 9.51. The second kappa shape index (κ2) is 3.46. The van der Waals surface area contributed by atoms with E-state index < -0.39 is 4.92 Å². The highest BCUT2D eigenvalue weighted by Gasteiger charge is 2.07. The maximum Gasteiger partial charge on any atom is 0.263 e. The zero-order valence-electron chi connectivity index (χ0n) is 5.37. The van der Waals surface area contributed by atoms with Gasteiger partial charge >= 0.3 is 0 Å². The van der Waals surface area contributed by atoms with Gasteiger partial charge in [0.15, 0.2) is 0 Å². The first-order valence-electron chi connectivity index (χ1n) is 3.01. The van der Waals surface area contributed by atoms with Gasteiger partial charge in [-0.3, -0.25) is 10.1 Å². The van der Waals surface area contributed by atoms with Crippen molar-refractivity contribution in [3.63, 3.8) is 0 Å². The van der Waals surface area contributed by atoms with Gasteiger partial charge in [0, 0.05) is 12.3 Å². The van der Waals surface area contributed by atoms with Gasteiger partial charge in [-0.25, -0.2) is 0 Å². The molecule has 0 aromatic carbocycles. The van der Waals surface area contributed by atoms with E-state index in [1.165, 1.54) is 11.8 Å². The topological polar surface area (TPSA) is 55.2 Å². The molecule has 0 aromatic rings. The van der Waals surface area contributed by atoms with Crippen molar-refractivity contribution in [2.75, 3.05) is 12.3 Å². The van der Waals surface area contributed by atoms with Crippen LogP contribution in [-0.4, -0.2) is 17.2 Å². The maximum atomic E-state index is 9.94. The summed E-state index contributed by atoms with van der Waals surface area (Å²) in [5.74, 6) is 0.979.